The summed E-state index contributed by atoms with van der Waals surface area (Å²) in [6.07, 6.45) is -1.40. The minimum atomic E-state index is -4.41. The molecule has 1 aromatic carbocycles. The van der Waals surface area contributed by atoms with Gasteiger partial charge in [0, 0.05) is 11.2 Å². The molecule has 1 aromatic rings. The summed E-state index contributed by atoms with van der Waals surface area (Å²) in [5, 5.41) is 0.304. The van der Waals surface area contributed by atoms with Gasteiger partial charge in [-0.3, -0.25) is 4.90 Å². The molecule has 1 aliphatic heterocycles. The first-order chi connectivity index (χ1) is 6.98. The van der Waals surface area contributed by atoms with E-state index in [4.69, 9.17) is 11.6 Å². The van der Waals surface area contributed by atoms with Crippen LogP contribution < -0.4 is 4.90 Å². The number of fused-ring (bicyclic) bond motifs is 1. The maximum Gasteiger partial charge on any atom is 0.488 e. The fourth-order valence-electron chi connectivity index (χ4n) is 1.52. The van der Waals surface area contributed by atoms with E-state index in [0.717, 1.165) is 6.20 Å². The lowest BCUT2D eigenvalue weighted by Gasteiger charge is -2.28. The average Bonchev–Trinajstić information content (AvgIpc) is 2.15. The Balaban J connectivity index is 2.50. The average molecular weight is 234 g/mol. The summed E-state index contributed by atoms with van der Waals surface area (Å²) < 4.78 is 37.7. The molecule has 0 atom stereocenters. The van der Waals surface area contributed by atoms with E-state index in [1.807, 2.05) is 0 Å². The molecular weight excluding hydrogens is 227 g/mol. The predicted molar refractivity (Wildman–Crippen MR) is 52.8 cm³/mol. The number of hydrogen-bond acceptors (Lipinski definition) is 1. The molecule has 1 aliphatic rings. The molecule has 0 saturated carbocycles. The SMILES string of the molecule is FC(F)(F)N1C=CCc2ccc(Cl)cc21. The van der Waals surface area contributed by atoms with Gasteiger partial charge in [0.2, 0.25) is 0 Å². The van der Waals surface area contributed by atoms with Gasteiger partial charge in [-0.1, -0.05) is 23.7 Å². The molecular formula is C10H7ClF3N. The fraction of sp³-hybridized carbons (Fsp3) is 0.200. The lowest BCUT2D eigenvalue weighted by molar-refractivity contribution is -0.122. The van der Waals surface area contributed by atoms with Crippen molar-refractivity contribution in [2.24, 2.45) is 0 Å². The Kier molecular flexibility index (Phi) is 2.38. The first kappa shape index (κ1) is 10.4. The molecule has 0 aromatic heterocycles. The van der Waals surface area contributed by atoms with E-state index in [2.05, 4.69) is 0 Å². The number of anilines is 1. The second-order valence-electron chi connectivity index (χ2n) is 3.20. The third-order valence-corrected chi connectivity index (χ3v) is 2.41. The normalized spacial score (nSPS) is 15.3. The fourth-order valence-corrected chi connectivity index (χ4v) is 1.69. The molecule has 2 rings (SSSR count). The van der Waals surface area contributed by atoms with Crippen LogP contribution in [0, 0.1) is 0 Å². The van der Waals surface area contributed by atoms with Crippen molar-refractivity contribution in [2.75, 3.05) is 4.90 Å². The van der Waals surface area contributed by atoms with E-state index in [9.17, 15) is 13.2 Å². The van der Waals surface area contributed by atoms with Crippen LogP contribution in [-0.2, 0) is 6.42 Å². The van der Waals surface area contributed by atoms with E-state index < -0.39 is 6.30 Å². The second-order valence-corrected chi connectivity index (χ2v) is 3.64. The Bertz CT molecular complexity index is 412. The Hall–Kier alpha value is -1.16. The molecule has 0 fully saturated rings. The number of benzene rings is 1. The quantitative estimate of drug-likeness (QED) is 0.617. The van der Waals surface area contributed by atoms with Crippen molar-refractivity contribution >= 4 is 17.3 Å². The lowest BCUT2D eigenvalue weighted by Crippen LogP contribution is -2.35. The Morgan fingerprint density at radius 3 is 2.67 bits per heavy atom. The maximum atomic E-state index is 12.6. The first-order valence-electron chi connectivity index (χ1n) is 4.29. The molecule has 0 saturated heterocycles. The summed E-state index contributed by atoms with van der Waals surface area (Å²) in [4.78, 5) is 0.276. The van der Waals surface area contributed by atoms with Crippen LogP contribution in [0.25, 0.3) is 0 Å². The van der Waals surface area contributed by atoms with Crippen LogP contribution in [-0.4, -0.2) is 6.30 Å². The summed E-state index contributed by atoms with van der Waals surface area (Å²) in [5.41, 5.74) is 0.733. The largest absolute Gasteiger partial charge is 0.488 e. The van der Waals surface area contributed by atoms with Crippen molar-refractivity contribution in [1.82, 2.24) is 0 Å². The summed E-state index contributed by atoms with van der Waals surface area (Å²) in [5.74, 6) is 0. The van der Waals surface area contributed by atoms with Crippen LogP contribution in [0.4, 0.5) is 18.9 Å². The Morgan fingerprint density at radius 2 is 2.00 bits per heavy atom. The Morgan fingerprint density at radius 1 is 1.27 bits per heavy atom. The Labute approximate surface area is 89.8 Å². The van der Waals surface area contributed by atoms with Gasteiger partial charge in [-0.2, -0.15) is 0 Å². The third kappa shape index (κ3) is 1.95. The molecule has 0 N–H and O–H groups in total. The van der Waals surface area contributed by atoms with Crippen LogP contribution in [0.15, 0.2) is 30.5 Å². The summed E-state index contributed by atoms with van der Waals surface area (Å²) in [6.45, 7) is 0. The van der Waals surface area contributed by atoms with Crippen molar-refractivity contribution < 1.29 is 13.2 Å². The van der Waals surface area contributed by atoms with E-state index in [1.54, 1.807) is 12.1 Å². The van der Waals surface area contributed by atoms with Crippen molar-refractivity contribution in [3.63, 3.8) is 0 Å². The number of hydrogen-bond donors (Lipinski definition) is 0. The molecule has 80 valence electrons. The molecule has 15 heavy (non-hydrogen) atoms. The van der Waals surface area contributed by atoms with Crippen LogP contribution in [0.3, 0.4) is 0 Å². The van der Waals surface area contributed by atoms with E-state index in [-0.39, 0.29) is 10.6 Å². The number of allylic oxidation sites excluding steroid dienone is 1. The number of nitrogens with zero attached hydrogens (tertiary/aromatic N) is 1. The van der Waals surface area contributed by atoms with Crippen molar-refractivity contribution in [2.45, 2.75) is 12.7 Å². The molecule has 0 unspecified atom stereocenters. The molecule has 0 aliphatic carbocycles. The third-order valence-electron chi connectivity index (χ3n) is 2.17. The zero-order chi connectivity index (χ0) is 11.1. The zero-order valence-corrected chi connectivity index (χ0v) is 8.31. The summed E-state index contributed by atoms with van der Waals surface area (Å²) in [7, 11) is 0. The molecule has 1 heterocycles. The standard InChI is InChI=1S/C10H7ClF3N/c11-8-4-3-7-2-1-5-15(9(7)6-8)10(12,13)14/h1,3-6H,2H2. The minimum absolute atomic E-state index is 0.109. The van der Waals surface area contributed by atoms with Gasteiger partial charge < -0.3 is 0 Å². The van der Waals surface area contributed by atoms with Gasteiger partial charge in [0.05, 0.1) is 5.69 Å². The number of alkyl halides is 3. The van der Waals surface area contributed by atoms with Crippen molar-refractivity contribution in [1.29, 1.82) is 0 Å². The second kappa shape index (κ2) is 3.45. The van der Waals surface area contributed by atoms with Crippen LogP contribution in [0.1, 0.15) is 5.56 Å². The predicted octanol–water partition coefficient (Wildman–Crippen LogP) is 3.74. The highest BCUT2D eigenvalue weighted by Gasteiger charge is 2.38. The van der Waals surface area contributed by atoms with Gasteiger partial charge in [-0.05, 0) is 24.1 Å². The molecule has 1 nitrogen and oxygen atoms in total. The number of halogens is 4. The molecule has 0 spiro atoms. The highest BCUT2D eigenvalue weighted by molar-refractivity contribution is 6.30. The zero-order valence-electron chi connectivity index (χ0n) is 7.55. The minimum Gasteiger partial charge on any atom is -0.260 e. The van der Waals surface area contributed by atoms with E-state index in [1.165, 1.54) is 12.1 Å². The van der Waals surface area contributed by atoms with Gasteiger partial charge in [-0.25, -0.2) is 0 Å². The van der Waals surface area contributed by atoms with Crippen LogP contribution >= 0.6 is 11.6 Å². The highest BCUT2D eigenvalue weighted by Crippen LogP contribution is 2.35. The topological polar surface area (TPSA) is 3.24 Å². The summed E-state index contributed by atoms with van der Waals surface area (Å²) >= 11 is 5.67. The van der Waals surface area contributed by atoms with Gasteiger partial charge in [0.25, 0.3) is 0 Å². The van der Waals surface area contributed by atoms with E-state index in [0.29, 0.717) is 17.0 Å². The van der Waals surface area contributed by atoms with Crippen LogP contribution in [0.2, 0.25) is 5.02 Å². The first-order valence-corrected chi connectivity index (χ1v) is 4.67. The van der Waals surface area contributed by atoms with Gasteiger partial charge >= 0.3 is 6.30 Å². The van der Waals surface area contributed by atoms with E-state index >= 15 is 0 Å². The van der Waals surface area contributed by atoms with Crippen molar-refractivity contribution in [3.8, 4) is 0 Å². The molecule has 5 heteroatoms. The number of rotatable bonds is 0. The monoisotopic (exact) mass is 233 g/mol. The highest BCUT2D eigenvalue weighted by atomic mass is 35.5. The van der Waals surface area contributed by atoms with Crippen LogP contribution in [0.5, 0.6) is 0 Å². The van der Waals surface area contributed by atoms with Gasteiger partial charge in [0.1, 0.15) is 0 Å². The molecule has 0 radical (unpaired) electrons. The molecule has 0 amide bonds. The summed E-state index contributed by atoms with van der Waals surface area (Å²) in [6, 6.07) is 4.53. The smallest absolute Gasteiger partial charge is 0.260 e. The maximum absolute atomic E-state index is 12.6. The van der Waals surface area contributed by atoms with Gasteiger partial charge in [-0.15, -0.1) is 13.2 Å². The lowest BCUT2D eigenvalue weighted by atomic mass is 10.1. The molecule has 0 bridgehead atoms. The van der Waals surface area contributed by atoms with Crippen molar-refractivity contribution in [3.05, 3.63) is 41.1 Å². The van der Waals surface area contributed by atoms with Gasteiger partial charge in [0.15, 0.2) is 0 Å².